The van der Waals surface area contributed by atoms with Crippen LogP contribution in [0.15, 0.2) is 60.9 Å². The van der Waals surface area contributed by atoms with Gasteiger partial charge in [0.1, 0.15) is 5.52 Å². The summed E-state index contributed by atoms with van der Waals surface area (Å²) >= 11 is 6.00. The molecule has 0 bridgehead atoms. The van der Waals surface area contributed by atoms with Crippen molar-refractivity contribution in [3.8, 4) is 0 Å². The molecule has 0 fully saturated rings. The summed E-state index contributed by atoms with van der Waals surface area (Å²) in [6.07, 6.45) is 1.55. The number of aromatic nitrogens is 4. The average Bonchev–Trinajstić information content (AvgIpc) is 3.26. The standard InChI is InChI=1S/C11H9ClN5.C5H5.Fe/c12-9-8-10(15-6-14-8)17-11(16-9)13-5-7-3-1-2-4-7;1-2-4-5-3-1;/h1-4,6H,5H2,(H2,13,14,15,16,17);1-5H;/q-1;-5;. The molecule has 124 valence electrons. The molecule has 0 unspecified atom stereocenters. The van der Waals surface area contributed by atoms with E-state index in [2.05, 4.69) is 25.3 Å². The molecule has 4 rings (SSSR count). The van der Waals surface area contributed by atoms with Crippen molar-refractivity contribution in [2.75, 3.05) is 5.32 Å². The SMILES string of the molecule is Clc1nc(NC[c-]2cccc2)nc2nc[nH]c12.[Fe].[cH-]1[cH-][cH-][cH-][cH-]1. The van der Waals surface area contributed by atoms with Crippen LogP contribution in [0.25, 0.3) is 11.2 Å². The molecule has 0 atom stereocenters. The summed E-state index contributed by atoms with van der Waals surface area (Å²) in [5.41, 5.74) is 2.40. The monoisotopic (exact) mass is 367 g/mol. The van der Waals surface area contributed by atoms with Crippen molar-refractivity contribution >= 4 is 28.7 Å². The molecular formula is C16H14ClFeN5-6. The first kappa shape index (κ1) is 17.2. The fourth-order valence-corrected chi connectivity index (χ4v) is 2.13. The smallest absolute Gasteiger partial charge is 0.225 e. The van der Waals surface area contributed by atoms with E-state index in [-0.39, 0.29) is 17.1 Å². The van der Waals surface area contributed by atoms with Crippen LogP contribution in [0, 0.1) is 0 Å². The molecular weight excluding hydrogens is 354 g/mol. The maximum Gasteiger partial charge on any atom is 0.225 e. The second-order valence-corrected chi connectivity index (χ2v) is 4.91. The summed E-state index contributed by atoms with van der Waals surface area (Å²) in [6, 6.07) is 18.0. The zero-order chi connectivity index (χ0) is 15.2. The first-order chi connectivity index (χ1) is 10.8. The number of nitrogens with one attached hydrogen (secondary N) is 2. The number of H-pyrrole nitrogens is 1. The van der Waals surface area contributed by atoms with E-state index in [1.165, 1.54) is 5.56 Å². The molecule has 0 aliphatic heterocycles. The average molecular weight is 368 g/mol. The van der Waals surface area contributed by atoms with Gasteiger partial charge in [0.05, 0.1) is 6.33 Å². The Balaban J connectivity index is 0.000000276. The number of rotatable bonds is 3. The molecule has 0 aliphatic rings. The van der Waals surface area contributed by atoms with Crippen LogP contribution in [0.5, 0.6) is 0 Å². The van der Waals surface area contributed by atoms with Gasteiger partial charge in [-0.1, -0.05) is 11.6 Å². The Morgan fingerprint density at radius 2 is 1.74 bits per heavy atom. The number of nitrogens with zero attached hydrogens (tertiary/aromatic N) is 3. The van der Waals surface area contributed by atoms with Gasteiger partial charge in [0, 0.05) is 17.1 Å². The van der Waals surface area contributed by atoms with Crippen LogP contribution in [0.2, 0.25) is 5.15 Å². The Kier molecular flexibility index (Phi) is 6.35. The van der Waals surface area contributed by atoms with Gasteiger partial charge in [0.2, 0.25) is 5.95 Å². The van der Waals surface area contributed by atoms with Crippen molar-refractivity contribution in [1.29, 1.82) is 0 Å². The van der Waals surface area contributed by atoms with Crippen LogP contribution in [-0.4, -0.2) is 19.9 Å². The van der Waals surface area contributed by atoms with Crippen LogP contribution in [0.4, 0.5) is 5.95 Å². The molecule has 2 aromatic heterocycles. The van der Waals surface area contributed by atoms with E-state index in [4.69, 9.17) is 11.6 Å². The molecule has 2 N–H and O–H groups in total. The van der Waals surface area contributed by atoms with E-state index in [0.717, 1.165) is 0 Å². The zero-order valence-electron chi connectivity index (χ0n) is 12.1. The number of anilines is 1. The topological polar surface area (TPSA) is 66.5 Å². The van der Waals surface area contributed by atoms with Gasteiger partial charge in [0.15, 0.2) is 10.8 Å². The molecule has 0 spiro atoms. The van der Waals surface area contributed by atoms with Gasteiger partial charge in [-0.2, -0.15) is 22.1 Å². The molecule has 2 aromatic carbocycles. The summed E-state index contributed by atoms with van der Waals surface area (Å²) in [5, 5.41) is 3.48. The number of halogens is 1. The van der Waals surface area contributed by atoms with E-state index < -0.39 is 0 Å². The maximum atomic E-state index is 6.00. The molecule has 0 aliphatic carbocycles. The van der Waals surface area contributed by atoms with Crippen molar-refractivity contribution in [3.63, 3.8) is 0 Å². The number of hydrogen-bond donors (Lipinski definition) is 2. The minimum absolute atomic E-state index is 0. The summed E-state index contributed by atoms with van der Waals surface area (Å²) in [6.45, 7) is 0.666. The van der Waals surface area contributed by atoms with Gasteiger partial charge in [-0.05, 0) is 6.54 Å². The second-order valence-electron chi connectivity index (χ2n) is 4.55. The van der Waals surface area contributed by atoms with Gasteiger partial charge in [-0.3, -0.25) is 0 Å². The second kappa shape index (κ2) is 8.48. The molecule has 5 nitrogen and oxygen atoms in total. The number of fused-ring (bicyclic) bond motifs is 1. The fraction of sp³-hybridized carbons (Fsp3) is 0.0625. The normalized spacial score (nSPS) is 9.78. The van der Waals surface area contributed by atoms with Gasteiger partial charge in [0.25, 0.3) is 0 Å². The van der Waals surface area contributed by atoms with Crippen LogP contribution in [0.3, 0.4) is 0 Å². The third-order valence-electron chi connectivity index (χ3n) is 2.98. The van der Waals surface area contributed by atoms with Crippen molar-refractivity contribution < 1.29 is 17.1 Å². The van der Waals surface area contributed by atoms with Gasteiger partial charge in [-0.25, -0.2) is 17.1 Å². The fourth-order valence-electron chi connectivity index (χ4n) is 1.91. The van der Waals surface area contributed by atoms with Crippen LogP contribution >= 0.6 is 11.6 Å². The van der Waals surface area contributed by atoms with Crippen molar-refractivity contribution in [2.24, 2.45) is 0 Å². The van der Waals surface area contributed by atoms with Gasteiger partial charge >= 0.3 is 0 Å². The Morgan fingerprint density at radius 3 is 2.39 bits per heavy atom. The van der Waals surface area contributed by atoms with Gasteiger partial charge in [-0.15, -0.1) is 5.56 Å². The summed E-state index contributed by atoms with van der Waals surface area (Å²) in [4.78, 5) is 15.3. The predicted molar refractivity (Wildman–Crippen MR) is 88.1 cm³/mol. The number of imidazole rings is 1. The molecule has 2 heterocycles. The van der Waals surface area contributed by atoms with E-state index in [1.54, 1.807) is 6.33 Å². The molecule has 0 radical (unpaired) electrons. The predicted octanol–water partition coefficient (Wildman–Crippen LogP) is 3.74. The molecule has 0 saturated carbocycles. The third kappa shape index (κ3) is 4.66. The Hall–Kier alpha value is -2.14. The van der Waals surface area contributed by atoms with E-state index in [9.17, 15) is 0 Å². The summed E-state index contributed by atoms with van der Waals surface area (Å²) in [5.74, 6) is 0.482. The van der Waals surface area contributed by atoms with Crippen molar-refractivity contribution in [2.45, 2.75) is 6.54 Å². The summed E-state index contributed by atoms with van der Waals surface area (Å²) in [7, 11) is 0. The first-order valence-corrected chi connectivity index (χ1v) is 7.18. The Morgan fingerprint density at radius 1 is 1.09 bits per heavy atom. The minimum Gasteiger partial charge on any atom is -0.748 e. The van der Waals surface area contributed by atoms with Gasteiger partial charge < -0.3 is 40.6 Å². The number of aromatic amines is 1. The largest absolute Gasteiger partial charge is 0.748 e. The Labute approximate surface area is 149 Å². The molecule has 0 saturated heterocycles. The maximum absolute atomic E-state index is 6.00. The van der Waals surface area contributed by atoms with Crippen LogP contribution < -0.4 is 5.32 Å². The molecule has 4 aromatic rings. The zero-order valence-corrected chi connectivity index (χ0v) is 13.9. The van der Waals surface area contributed by atoms with Crippen LogP contribution in [-0.2, 0) is 23.6 Å². The van der Waals surface area contributed by atoms with Crippen LogP contribution in [0.1, 0.15) is 5.56 Å². The van der Waals surface area contributed by atoms with E-state index in [0.29, 0.717) is 28.8 Å². The van der Waals surface area contributed by atoms with E-state index >= 15 is 0 Å². The molecule has 0 amide bonds. The molecule has 7 heteroatoms. The summed E-state index contributed by atoms with van der Waals surface area (Å²) < 4.78 is 0. The quantitative estimate of drug-likeness (QED) is 0.329. The first-order valence-electron chi connectivity index (χ1n) is 6.81. The van der Waals surface area contributed by atoms with Crippen molar-refractivity contribution in [3.05, 3.63) is 71.6 Å². The number of hydrogen-bond acceptors (Lipinski definition) is 4. The Bertz CT molecular complexity index is 791. The van der Waals surface area contributed by atoms with E-state index in [1.807, 2.05) is 54.6 Å². The third-order valence-corrected chi connectivity index (χ3v) is 3.25. The minimum atomic E-state index is 0. The van der Waals surface area contributed by atoms with Crippen molar-refractivity contribution in [1.82, 2.24) is 19.9 Å². The molecule has 23 heavy (non-hydrogen) atoms.